The summed E-state index contributed by atoms with van der Waals surface area (Å²) in [6, 6.07) is 7.51. The van der Waals surface area contributed by atoms with Crippen LogP contribution >= 0.6 is 0 Å². The van der Waals surface area contributed by atoms with Crippen LogP contribution in [0.25, 0.3) is 0 Å². The number of carbonyl (C=O) groups is 1. The van der Waals surface area contributed by atoms with E-state index in [9.17, 15) is 4.79 Å². The van der Waals surface area contributed by atoms with E-state index in [1.165, 1.54) is 0 Å². The molecule has 1 aromatic rings. The van der Waals surface area contributed by atoms with Crippen LogP contribution in [0.5, 0.6) is 0 Å². The van der Waals surface area contributed by atoms with Crippen LogP contribution in [0.15, 0.2) is 24.3 Å². The second-order valence-electron chi connectivity index (χ2n) is 3.58. The minimum atomic E-state index is -0.353. The molecule has 0 heterocycles. The van der Waals surface area contributed by atoms with Gasteiger partial charge in [0.15, 0.2) is 6.29 Å². The first-order valence-corrected chi connectivity index (χ1v) is 5.33. The second kappa shape index (κ2) is 6.88. The monoisotopic (exact) mass is 238 g/mol. The van der Waals surface area contributed by atoms with E-state index in [4.69, 9.17) is 15.2 Å². The first-order chi connectivity index (χ1) is 8.17. The van der Waals surface area contributed by atoms with Crippen LogP contribution in [0.4, 0.5) is 5.69 Å². The predicted molar refractivity (Wildman–Crippen MR) is 65.6 cm³/mol. The van der Waals surface area contributed by atoms with Gasteiger partial charge >= 0.3 is 0 Å². The van der Waals surface area contributed by atoms with Crippen molar-refractivity contribution in [3.8, 4) is 0 Å². The lowest BCUT2D eigenvalue weighted by Crippen LogP contribution is -2.24. The average molecular weight is 238 g/mol. The molecule has 5 nitrogen and oxygen atoms in total. The molecular formula is C12H18N2O3. The fourth-order valence-electron chi connectivity index (χ4n) is 1.49. The Hall–Kier alpha value is -1.59. The van der Waals surface area contributed by atoms with Gasteiger partial charge in [0, 0.05) is 19.9 Å². The highest BCUT2D eigenvalue weighted by atomic mass is 16.7. The Balaban J connectivity index is 2.66. The second-order valence-corrected chi connectivity index (χ2v) is 3.58. The van der Waals surface area contributed by atoms with Gasteiger partial charge in [-0.1, -0.05) is 18.2 Å². The maximum atomic E-state index is 10.9. The third kappa shape index (κ3) is 4.42. The fourth-order valence-corrected chi connectivity index (χ4v) is 1.49. The minimum Gasteiger partial charge on any atom is -0.380 e. The van der Waals surface area contributed by atoms with Crippen molar-refractivity contribution in [3.63, 3.8) is 0 Å². The van der Waals surface area contributed by atoms with Crippen LogP contribution in [0, 0.1) is 0 Å². The number of para-hydroxylation sites is 1. The van der Waals surface area contributed by atoms with Gasteiger partial charge in [0.25, 0.3) is 0 Å². The summed E-state index contributed by atoms with van der Waals surface area (Å²) in [4.78, 5) is 10.9. The predicted octanol–water partition coefficient (Wildman–Crippen LogP) is 0.745. The SMILES string of the molecule is COC(CNc1ccccc1CC(N)=O)OC. The zero-order chi connectivity index (χ0) is 12.7. The number of benzene rings is 1. The number of hydrogen-bond acceptors (Lipinski definition) is 4. The Kier molecular flexibility index (Phi) is 5.45. The number of hydrogen-bond donors (Lipinski definition) is 2. The maximum Gasteiger partial charge on any atom is 0.221 e. The van der Waals surface area contributed by atoms with Crippen molar-refractivity contribution < 1.29 is 14.3 Å². The number of rotatable bonds is 7. The highest BCUT2D eigenvalue weighted by molar-refractivity contribution is 5.78. The topological polar surface area (TPSA) is 73.6 Å². The third-order valence-corrected chi connectivity index (χ3v) is 2.37. The average Bonchev–Trinajstić information content (AvgIpc) is 2.31. The van der Waals surface area contributed by atoms with E-state index in [0.717, 1.165) is 11.3 Å². The summed E-state index contributed by atoms with van der Waals surface area (Å²) in [6.07, 6.45) is -0.106. The number of carbonyl (C=O) groups excluding carboxylic acids is 1. The number of nitrogens with one attached hydrogen (secondary N) is 1. The standard InChI is InChI=1S/C12H18N2O3/c1-16-12(17-2)8-14-10-6-4-3-5-9(10)7-11(13)15/h3-6,12,14H,7-8H2,1-2H3,(H2,13,15). The summed E-state index contributed by atoms with van der Waals surface area (Å²) in [5.74, 6) is -0.353. The molecule has 1 rings (SSSR count). The highest BCUT2D eigenvalue weighted by Crippen LogP contribution is 2.15. The molecule has 0 fully saturated rings. The van der Waals surface area contributed by atoms with Crippen LogP contribution in [-0.4, -0.2) is 33.0 Å². The first-order valence-electron chi connectivity index (χ1n) is 5.33. The van der Waals surface area contributed by atoms with Gasteiger partial charge in [-0.25, -0.2) is 0 Å². The number of anilines is 1. The van der Waals surface area contributed by atoms with Crippen LogP contribution in [-0.2, 0) is 20.7 Å². The molecular weight excluding hydrogens is 220 g/mol. The maximum absolute atomic E-state index is 10.9. The minimum absolute atomic E-state index is 0.216. The first kappa shape index (κ1) is 13.5. The molecule has 5 heteroatoms. The summed E-state index contributed by atoms with van der Waals surface area (Å²) in [7, 11) is 3.15. The molecule has 0 saturated carbocycles. The Morgan fingerprint density at radius 1 is 1.35 bits per heavy atom. The van der Waals surface area contributed by atoms with E-state index >= 15 is 0 Å². The van der Waals surface area contributed by atoms with Crippen molar-refractivity contribution in [3.05, 3.63) is 29.8 Å². The molecule has 94 valence electrons. The Labute approximate surface area is 101 Å². The van der Waals surface area contributed by atoms with E-state index in [-0.39, 0.29) is 18.6 Å². The number of primary amides is 1. The van der Waals surface area contributed by atoms with Gasteiger partial charge in [-0.05, 0) is 11.6 Å². The smallest absolute Gasteiger partial charge is 0.221 e. The molecule has 0 aliphatic carbocycles. The Morgan fingerprint density at radius 3 is 2.59 bits per heavy atom. The summed E-state index contributed by atoms with van der Waals surface area (Å²) >= 11 is 0. The van der Waals surface area contributed by atoms with Gasteiger partial charge in [0.1, 0.15) is 0 Å². The van der Waals surface area contributed by atoms with Crippen LogP contribution in [0.2, 0.25) is 0 Å². The van der Waals surface area contributed by atoms with Crippen molar-refractivity contribution in [2.45, 2.75) is 12.7 Å². The van der Waals surface area contributed by atoms with E-state index in [1.54, 1.807) is 14.2 Å². The van der Waals surface area contributed by atoms with E-state index < -0.39 is 0 Å². The van der Waals surface area contributed by atoms with Gasteiger partial charge in [0.05, 0.1) is 13.0 Å². The molecule has 0 aliphatic heterocycles. The summed E-state index contributed by atoms with van der Waals surface area (Å²) < 4.78 is 10.1. The van der Waals surface area contributed by atoms with Gasteiger partial charge in [-0.3, -0.25) is 4.79 Å². The van der Waals surface area contributed by atoms with Crippen molar-refractivity contribution in [2.75, 3.05) is 26.1 Å². The zero-order valence-electron chi connectivity index (χ0n) is 10.1. The molecule has 3 N–H and O–H groups in total. The van der Waals surface area contributed by atoms with Gasteiger partial charge < -0.3 is 20.5 Å². The van der Waals surface area contributed by atoms with Crippen molar-refractivity contribution in [1.29, 1.82) is 0 Å². The van der Waals surface area contributed by atoms with Crippen LogP contribution in [0.1, 0.15) is 5.56 Å². The molecule has 1 aromatic carbocycles. The molecule has 17 heavy (non-hydrogen) atoms. The van der Waals surface area contributed by atoms with Gasteiger partial charge in [-0.2, -0.15) is 0 Å². The molecule has 0 aliphatic rings. The van der Waals surface area contributed by atoms with E-state index in [0.29, 0.717) is 6.54 Å². The molecule has 0 spiro atoms. The molecule has 0 saturated heterocycles. The highest BCUT2D eigenvalue weighted by Gasteiger charge is 2.08. The van der Waals surface area contributed by atoms with Crippen molar-refractivity contribution in [1.82, 2.24) is 0 Å². The lowest BCUT2D eigenvalue weighted by molar-refractivity contribution is -0.117. The lowest BCUT2D eigenvalue weighted by atomic mass is 10.1. The Morgan fingerprint density at radius 2 is 2.00 bits per heavy atom. The lowest BCUT2D eigenvalue weighted by Gasteiger charge is -2.16. The molecule has 0 aromatic heterocycles. The summed E-state index contributed by atoms with van der Waals surface area (Å²) in [5.41, 5.74) is 6.92. The van der Waals surface area contributed by atoms with Crippen LogP contribution < -0.4 is 11.1 Å². The molecule has 1 amide bonds. The number of amides is 1. The van der Waals surface area contributed by atoms with Crippen molar-refractivity contribution in [2.24, 2.45) is 5.73 Å². The largest absolute Gasteiger partial charge is 0.380 e. The number of ether oxygens (including phenoxy) is 2. The molecule has 0 radical (unpaired) electrons. The molecule has 0 bridgehead atoms. The van der Waals surface area contributed by atoms with E-state index in [1.807, 2.05) is 24.3 Å². The van der Waals surface area contributed by atoms with Crippen molar-refractivity contribution >= 4 is 11.6 Å². The summed E-state index contributed by atoms with van der Waals surface area (Å²) in [5, 5.41) is 3.16. The summed E-state index contributed by atoms with van der Waals surface area (Å²) in [6.45, 7) is 0.503. The molecule has 0 atom stereocenters. The van der Waals surface area contributed by atoms with Gasteiger partial charge in [-0.15, -0.1) is 0 Å². The van der Waals surface area contributed by atoms with Crippen LogP contribution in [0.3, 0.4) is 0 Å². The zero-order valence-corrected chi connectivity index (χ0v) is 10.1. The third-order valence-electron chi connectivity index (χ3n) is 2.37. The molecule has 0 unspecified atom stereocenters. The number of nitrogens with two attached hydrogens (primary N) is 1. The quantitative estimate of drug-likeness (QED) is 0.687. The Bertz CT molecular complexity index is 365. The fraction of sp³-hybridized carbons (Fsp3) is 0.417. The number of methoxy groups -OCH3 is 2. The van der Waals surface area contributed by atoms with E-state index in [2.05, 4.69) is 5.32 Å². The normalized spacial score (nSPS) is 10.5. The van der Waals surface area contributed by atoms with Gasteiger partial charge in [0.2, 0.25) is 5.91 Å².